The summed E-state index contributed by atoms with van der Waals surface area (Å²) in [6.45, 7) is 7.47. The number of hydrogen-bond acceptors (Lipinski definition) is 4. The molecule has 2 aliphatic rings. The van der Waals surface area contributed by atoms with E-state index in [9.17, 15) is 4.79 Å². The third-order valence-electron chi connectivity index (χ3n) is 6.19. The van der Waals surface area contributed by atoms with E-state index in [1.165, 1.54) is 0 Å². The third-order valence-corrected chi connectivity index (χ3v) is 6.19. The number of fused-ring (bicyclic) bond motifs is 1. The molecule has 1 saturated heterocycles. The second-order valence-corrected chi connectivity index (χ2v) is 8.68. The van der Waals surface area contributed by atoms with Gasteiger partial charge >= 0.3 is 0 Å². The van der Waals surface area contributed by atoms with Gasteiger partial charge in [-0.15, -0.1) is 0 Å². The van der Waals surface area contributed by atoms with Crippen molar-refractivity contribution in [3.05, 3.63) is 59.2 Å². The first-order valence-corrected chi connectivity index (χ1v) is 10.8. The number of ether oxygens (including phenoxy) is 3. The number of para-hydroxylation sites is 1. The fourth-order valence-corrected chi connectivity index (χ4v) is 4.63. The Morgan fingerprint density at radius 2 is 1.90 bits per heavy atom. The smallest absolute Gasteiger partial charge is 0.253 e. The monoisotopic (exact) mass is 409 g/mol. The first-order chi connectivity index (χ1) is 14.4. The van der Waals surface area contributed by atoms with Gasteiger partial charge in [-0.3, -0.25) is 4.79 Å². The van der Waals surface area contributed by atoms with E-state index < -0.39 is 0 Å². The molecule has 1 fully saturated rings. The van der Waals surface area contributed by atoms with Crippen LogP contribution in [0.3, 0.4) is 0 Å². The van der Waals surface area contributed by atoms with Gasteiger partial charge in [0.05, 0.1) is 19.3 Å². The Balaban J connectivity index is 1.48. The van der Waals surface area contributed by atoms with Crippen molar-refractivity contribution in [1.82, 2.24) is 4.90 Å². The minimum atomic E-state index is -0.277. The summed E-state index contributed by atoms with van der Waals surface area (Å²) in [6.07, 6.45) is 2.62. The number of hydrogen-bond donors (Lipinski definition) is 0. The van der Waals surface area contributed by atoms with Crippen molar-refractivity contribution in [2.75, 3.05) is 20.2 Å². The molecule has 30 heavy (non-hydrogen) atoms. The fraction of sp³-hybridized carbons (Fsp3) is 0.480. The number of rotatable bonds is 4. The molecule has 0 saturated carbocycles. The largest absolute Gasteiger partial charge is 0.496 e. The average molecular weight is 410 g/mol. The molecule has 1 spiro atoms. The highest BCUT2D eigenvalue weighted by Crippen LogP contribution is 2.46. The molecule has 0 unspecified atom stereocenters. The van der Waals surface area contributed by atoms with Crippen LogP contribution >= 0.6 is 0 Å². The SMILES string of the molecule is COc1ccc(C(=O)N2CCC3(CC2)C[C@H](OC(C)C)c2ccccc2O3)cc1C. The van der Waals surface area contributed by atoms with Gasteiger partial charge in [-0.1, -0.05) is 18.2 Å². The van der Waals surface area contributed by atoms with Crippen LogP contribution in [0.5, 0.6) is 11.5 Å². The van der Waals surface area contributed by atoms with Crippen molar-refractivity contribution >= 4 is 5.91 Å². The van der Waals surface area contributed by atoms with E-state index in [4.69, 9.17) is 14.2 Å². The number of carbonyl (C=O) groups is 1. The molecule has 0 N–H and O–H groups in total. The maximum atomic E-state index is 13.1. The normalized spacial score (nSPS) is 20.0. The Bertz CT molecular complexity index is 915. The van der Waals surface area contributed by atoms with E-state index in [1.54, 1.807) is 7.11 Å². The van der Waals surface area contributed by atoms with Crippen LogP contribution in [0.2, 0.25) is 0 Å². The average Bonchev–Trinajstić information content (AvgIpc) is 2.73. The van der Waals surface area contributed by atoms with Crippen LogP contribution in [-0.2, 0) is 4.74 Å². The molecule has 0 aliphatic carbocycles. The zero-order valence-corrected chi connectivity index (χ0v) is 18.3. The Kier molecular flexibility index (Phi) is 5.74. The molecule has 5 nitrogen and oxygen atoms in total. The van der Waals surface area contributed by atoms with Crippen LogP contribution in [0.1, 0.15) is 60.7 Å². The maximum absolute atomic E-state index is 13.1. The van der Waals surface area contributed by atoms with Gasteiger partial charge in [0.15, 0.2) is 0 Å². The van der Waals surface area contributed by atoms with Gasteiger partial charge in [-0.25, -0.2) is 0 Å². The molecular formula is C25H31NO4. The van der Waals surface area contributed by atoms with Crippen LogP contribution in [0.25, 0.3) is 0 Å². The summed E-state index contributed by atoms with van der Waals surface area (Å²) in [5.41, 5.74) is 2.53. The highest BCUT2D eigenvalue weighted by atomic mass is 16.5. The molecular weight excluding hydrogens is 378 g/mol. The van der Waals surface area contributed by atoms with Crippen LogP contribution in [-0.4, -0.2) is 42.7 Å². The fourth-order valence-electron chi connectivity index (χ4n) is 4.63. The number of aryl methyl sites for hydroxylation is 1. The molecule has 160 valence electrons. The minimum Gasteiger partial charge on any atom is -0.496 e. The number of carbonyl (C=O) groups excluding carboxylic acids is 1. The zero-order valence-electron chi connectivity index (χ0n) is 18.3. The minimum absolute atomic E-state index is 0.0291. The van der Waals surface area contributed by atoms with Crippen LogP contribution in [0.15, 0.2) is 42.5 Å². The van der Waals surface area contributed by atoms with E-state index in [0.29, 0.717) is 18.7 Å². The molecule has 0 bridgehead atoms. The lowest BCUT2D eigenvalue weighted by Gasteiger charge is -2.47. The first-order valence-electron chi connectivity index (χ1n) is 10.8. The number of benzene rings is 2. The first kappa shape index (κ1) is 20.7. The van der Waals surface area contributed by atoms with Crippen LogP contribution in [0, 0.1) is 6.92 Å². The molecule has 1 atom stereocenters. The summed E-state index contributed by atoms with van der Waals surface area (Å²) in [7, 11) is 1.65. The zero-order chi connectivity index (χ0) is 21.3. The van der Waals surface area contributed by atoms with Gasteiger partial charge in [0.25, 0.3) is 5.91 Å². The third kappa shape index (κ3) is 4.04. The number of nitrogens with zero attached hydrogens (tertiary/aromatic N) is 1. The van der Waals surface area contributed by atoms with Crippen LogP contribution < -0.4 is 9.47 Å². The number of amides is 1. The van der Waals surface area contributed by atoms with Crippen molar-refractivity contribution in [2.24, 2.45) is 0 Å². The Morgan fingerprint density at radius 1 is 1.17 bits per heavy atom. The van der Waals surface area contributed by atoms with E-state index >= 15 is 0 Å². The highest BCUT2D eigenvalue weighted by molar-refractivity contribution is 5.94. The van der Waals surface area contributed by atoms with E-state index in [-0.39, 0.29) is 23.7 Å². The quantitative estimate of drug-likeness (QED) is 0.719. The number of piperidine rings is 1. The van der Waals surface area contributed by atoms with E-state index in [2.05, 4.69) is 19.9 Å². The summed E-state index contributed by atoms with van der Waals surface area (Å²) in [4.78, 5) is 15.0. The van der Waals surface area contributed by atoms with Gasteiger partial charge < -0.3 is 19.1 Å². The van der Waals surface area contributed by atoms with Crippen LogP contribution in [0.4, 0.5) is 0 Å². The lowest BCUT2D eigenvalue weighted by molar-refractivity contribution is -0.0872. The number of likely N-dealkylation sites (tertiary alicyclic amines) is 1. The van der Waals surface area contributed by atoms with Gasteiger partial charge in [-0.05, 0) is 50.6 Å². The summed E-state index contributed by atoms with van der Waals surface area (Å²) in [5, 5.41) is 0. The summed E-state index contributed by atoms with van der Waals surface area (Å²) in [5.74, 6) is 1.79. The molecule has 1 amide bonds. The second kappa shape index (κ2) is 8.31. The second-order valence-electron chi connectivity index (χ2n) is 8.68. The van der Waals surface area contributed by atoms with Gasteiger partial charge in [0.2, 0.25) is 0 Å². The van der Waals surface area contributed by atoms with E-state index in [1.807, 2.05) is 48.2 Å². The van der Waals surface area contributed by atoms with E-state index in [0.717, 1.165) is 41.9 Å². The molecule has 2 heterocycles. The summed E-state index contributed by atoms with van der Waals surface area (Å²) < 4.78 is 18.1. The Morgan fingerprint density at radius 3 is 2.57 bits per heavy atom. The maximum Gasteiger partial charge on any atom is 0.253 e. The number of methoxy groups -OCH3 is 1. The van der Waals surface area contributed by atoms with Crippen molar-refractivity contribution < 1.29 is 19.0 Å². The Labute approximate surface area is 178 Å². The van der Waals surface area contributed by atoms with Gasteiger partial charge in [0.1, 0.15) is 17.1 Å². The van der Waals surface area contributed by atoms with Crippen molar-refractivity contribution in [1.29, 1.82) is 0 Å². The molecule has 5 heteroatoms. The lowest BCUT2D eigenvalue weighted by atomic mass is 9.81. The lowest BCUT2D eigenvalue weighted by Crippen LogP contribution is -2.52. The van der Waals surface area contributed by atoms with Crippen molar-refractivity contribution in [3.8, 4) is 11.5 Å². The predicted molar refractivity (Wildman–Crippen MR) is 116 cm³/mol. The molecule has 2 aromatic rings. The van der Waals surface area contributed by atoms with Crippen molar-refractivity contribution in [2.45, 2.75) is 57.8 Å². The molecule has 0 radical (unpaired) electrons. The predicted octanol–water partition coefficient (Wildman–Crippen LogP) is 4.93. The van der Waals surface area contributed by atoms with Gasteiger partial charge in [0, 0.05) is 43.5 Å². The molecule has 0 aromatic heterocycles. The molecule has 2 aliphatic heterocycles. The topological polar surface area (TPSA) is 48.0 Å². The highest BCUT2D eigenvalue weighted by Gasteiger charge is 2.44. The standard InChI is InChI=1S/C25H31NO4/c1-17(2)29-23-16-25(30-22-8-6-5-7-20(22)23)11-13-26(14-12-25)24(27)19-9-10-21(28-4)18(3)15-19/h5-10,15,17,23H,11-14,16H2,1-4H3/t23-/m0/s1. The van der Waals surface area contributed by atoms with Gasteiger partial charge in [-0.2, -0.15) is 0 Å². The summed E-state index contributed by atoms with van der Waals surface area (Å²) in [6, 6.07) is 13.8. The van der Waals surface area contributed by atoms with Crippen molar-refractivity contribution in [3.63, 3.8) is 0 Å². The Hall–Kier alpha value is -2.53. The summed E-state index contributed by atoms with van der Waals surface area (Å²) >= 11 is 0. The molecule has 2 aromatic carbocycles. The molecule has 4 rings (SSSR count).